The van der Waals surface area contributed by atoms with E-state index in [1.807, 2.05) is 6.92 Å². The number of benzene rings is 1. The minimum absolute atomic E-state index is 0.385. The fourth-order valence-corrected chi connectivity index (χ4v) is 4.06. The lowest BCUT2D eigenvalue weighted by Gasteiger charge is -2.22. The summed E-state index contributed by atoms with van der Waals surface area (Å²) in [7, 11) is -3.39. The Morgan fingerprint density at radius 1 is 1.37 bits per heavy atom. The Labute approximate surface area is 115 Å². The molecule has 0 atom stereocenters. The summed E-state index contributed by atoms with van der Waals surface area (Å²) < 4.78 is 27.0. The minimum atomic E-state index is -3.39. The van der Waals surface area contributed by atoms with Crippen LogP contribution in [-0.2, 0) is 10.0 Å². The van der Waals surface area contributed by atoms with Crippen LogP contribution < -0.4 is 5.73 Å². The zero-order chi connectivity index (χ0) is 14.0. The molecule has 0 aliphatic heterocycles. The van der Waals surface area contributed by atoms with Gasteiger partial charge in [-0.05, 0) is 55.9 Å². The molecule has 1 aromatic carbocycles. The molecule has 0 amide bonds. The number of hydrogen-bond donors (Lipinski definition) is 1. The van der Waals surface area contributed by atoms with Crippen LogP contribution in [0.4, 0.5) is 5.69 Å². The lowest BCUT2D eigenvalue weighted by atomic mass is 10.2. The third-order valence-corrected chi connectivity index (χ3v) is 5.47. The molecule has 1 fully saturated rings. The van der Waals surface area contributed by atoms with E-state index in [1.54, 1.807) is 29.4 Å². The molecule has 2 rings (SSSR count). The Kier molecular flexibility index (Phi) is 4.16. The second-order valence-electron chi connectivity index (χ2n) is 5.33. The summed E-state index contributed by atoms with van der Waals surface area (Å²) in [6.07, 6.45) is 3.13. The minimum Gasteiger partial charge on any atom is -0.399 e. The highest BCUT2D eigenvalue weighted by atomic mass is 32.2. The number of hydrogen-bond acceptors (Lipinski definition) is 3. The third kappa shape index (κ3) is 3.28. The number of anilines is 1. The van der Waals surface area contributed by atoms with Crippen LogP contribution in [0, 0.1) is 12.8 Å². The standard InChI is InChI=1S/C14H22N2O2S/c1-3-8-16(10-12-4-5-12)19(17,18)14-7-6-13(15)9-11(14)2/h6-7,9,12H,3-5,8,10,15H2,1-2H3. The van der Waals surface area contributed by atoms with Gasteiger partial charge in [-0.1, -0.05) is 6.92 Å². The first-order valence-corrected chi connectivity index (χ1v) is 8.25. The van der Waals surface area contributed by atoms with E-state index in [4.69, 9.17) is 5.73 Å². The first kappa shape index (κ1) is 14.3. The van der Waals surface area contributed by atoms with E-state index in [-0.39, 0.29) is 0 Å². The molecule has 0 spiro atoms. The maximum absolute atomic E-state index is 12.7. The van der Waals surface area contributed by atoms with Gasteiger partial charge < -0.3 is 5.73 Å². The Balaban J connectivity index is 2.31. The van der Waals surface area contributed by atoms with Crippen LogP contribution in [0.3, 0.4) is 0 Å². The highest BCUT2D eigenvalue weighted by Crippen LogP contribution is 2.32. The topological polar surface area (TPSA) is 63.4 Å². The van der Waals surface area contributed by atoms with Crippen molar-refractivity contribution >= 4 is 15.7 Å². The number of aryl methyl sites for hydroxylation is 1. The largest absolute Gasteiger partial charge is 0.399 e. The van der Waals surface area contributed by atoms with Gasteiger partial charge in [0.15, 0.2) is 0 Å². The molecule has 1 aliphatic carbocycles. The number of nitrogen functional groups attached to an aromatic ring is 1. The van der Waals surface area contributed by atoms with Crippen molar-refractivity contribution in [1.82, 2.24) is 4.31 Å². The summed E-state index contributed by atoms with van der Waals surface area (Å²) in [4.78, 5) is 0.385. The molecule has 19 heavy (non-hydrogen) atoms. The molecule has 1 saturated carbocycles. The predicted octanol–water partition coefficient (Wildman–Crippen LogP) is 2.39. The maximum Gasteiger partial charge on any atom is 0.243 e. The van der Waals surface area contributed by atoms with Crippen LogP contribution in [0.1, 0.15) is 31.7 Å². The zero-order valence-electron chi connectivity index (χ0n) is 11.6. The number of nitrogens with zero attached hydrogens (tertiary/aromatic N) is 1. The van der Waals surface area contributed by atoms with Gasteiger partial charge in [0.2, 0.25) is 10.0 Å². The van der Waals surface area contributed by atoms with E-state index in [0.717, 1.165) is 24.8 Å². The fourth-order valence-electron chi connectivity index (χ4n) is 2.25. The lowest BCUT2D eigenvalue weighted by Crippen LogP contribution is -2.34. The smallest absolute Gasteiger partial charge is 0.243 e. The van der Waals surface area contributed by atoms with Gasteiger partial charge in [0.05, 0.1) is 4.90 Å². The van der Waals surface area contributed by atoms with Gasteiger partial charge in [-0.2, -0.15) is 4.31 Å². The van der Waals surface area contributed by atoms with Crippen molar-refractivity contribution in [3.8, 4) is 0 Å². The van der Waals surface area contributed by atoms with Crippen LogP contribution in [0.25, 0.3) is 0 Å². The Hall–Kier alpha value is -1.07. The third-order valence-electron chi connectivity index (χ3n) is 3.45. The van der Waals surface area contributed by atoms with Gasteiger partial charge in [0.1, 0.15) is 0 Å². The number of nitrogens with two attached hydrogens (primary N) is 1. The van der Waals surface area contributed by atoms with E-state index < -0.39 is 10.0 Å². The van der Waals surface area contributed by atoms with E-state index >= 15 is 0 Å². The first-order chi connectivity index (χ1) is 8.95. The van der Waals surface area contributed by atoms with E-state index in [2.05, 4.69) is 0 Å². The van der Waals surface area contributed by atoms with Crippen molar-refractivity contribution in [2.75, 3.05) is 18.8 Å². The van der Waals surface area contributed by atoms with Crippen molar-refractivity contribution in [2.45, 2.75) is 38.0 Å². The molecular formula is C14H22N2O2S. The molecule has 0 heterocycles. The number of rotatable bonds is 6. The molecule has 2 N–H and O–H groups in total. The van der Waals surface area contributed by atoms with Crippen LogP contribution in [0.15, 0.2) is 23.1 Å². The van der Waals surface area contributed by atoms with E-state index in [1.165, 1.54) is 0 Å². The molecule has 5 heteroatoms. The lowest BCUT2D eigenvalue weighted by molar-refractivity contribution is 0.395. The molecule has 0 unspecified atom stereocenters. The Morgan fingerprint density at radius 2 is 2.05 bits per heavy atom. The first-order valence-electron chi connectivity index (χ1n) is 6.81. The molecule has 4 nitrogen and oxygen atoms in total. The van der Waals surface area contributed by atoms with Crippen LogP contribution in [0.5, 0.6) is 0 Å². The zero-order valence-corrected chi connectivity index (χ0v) is 12.4. The van der Waals surface area contributed by atoms with Crippen LogP contribution >= 0.6 is 0 Å². The van der Waals surface area contributed by atoms with Gasteiger partial charge in [-0.15, -0.1) is 0 Å². The number of sulfonamides is 1. The second kappa shape index (κ2) is 5.51. The van der Waals surface area contributed by atoms with Gasteiger partial charge in [-0.3, -0.25) is 0 Å². The van der Waals surface area contributed by atoms with Gasteiger partial charge in [-0.25, -0.2) is 8.42 Å². The molecule has 0 saturated heterocycles. The summed E-state index contributed by atoms with van der Waals surface area (Å²) in [6, 6.07) is 4.99. The maximum atomic E-state index is 12.7. The summed E-state index contributed by atoms with van der Waals surface area (Å²) in [5.41, 5.74) is 7.01. The van der Waals surface area contributed by atoms with E-state index in [9.17, 15) is 8.42 Å². The van der Waals surface area contributed by atoms with Crippen molar-refractivity contribution in [1.29, 1.82) is 0 Å². The molecule has 0 bridgehead atoms. The average Bonchev–Trinajstić information content (AvgIpc) is 3.11. The Morgan fingerprint density at radius 3 is 2.58 bits per heavy atom. The molecule has 106 valence electrons. The quantitative estimate of drug-likeness (QED) is 0.815. The van der Waals surface area contributed by atoms with E-state index in [0.29, 0.717) is 29.6 Å². The van der Waals surface area contributed by atoms with Crippen LogP contribution in [0.2, 0.25) is 0 Å². The molecule has 1 aliphatic rings. The van der Waals surface area contributed by atoms with Crippen LogP contribution in [-0.4, -0.2) is 25.8 Å². The van der Waals surface area contributed by atoms with Crippen molar-refractivity contribution in [2.24, 2.45) is 5.92 Å². The second-order valence-corrected chi connectivity index (χ2v) is 7.24. The molecule has 0 aromatic heterocycles. The summed E-state index contributed by atoms with van der Waals surface area (Å²) in [5, 5.41) is 0. The van der Waals surface area contributed by atoms with Gasteiger partial charge in [0, 0.05) is 18.8 Å². The normalized spacial score (nSPS) is 15.9. The van der Waals surface area contributed by atoms with Crippen molar-refractivity contribution in [3.05, 3.63) is 23.8 Å². The monoisotopic (exact) mass is 282 g/mol. The van der Waals surface area contributed by atoms with Crippen molar-refractivity contribution < 1.29 is 8.42 Å². The van der Waals surface area contributed by atoms with Crippen molar-refractivity contribution in [3.63, 3.8) is 0 Å². The highest BCUT2D eigenvalue weighted by Gasteiger charge is 2.31. The molecule has 1 aromatic rings. The summed E-state index contributed by atoms with van der Waals surface area (Å²) in [5.74, 6) is 0.551. The predicted molar refractivity (Wildman–Crippen MR) is 77.4 cm³/mol. The average molecular weight is 282 g/mol. The van der Waals surface area contributed by atoms with Gasteiger partial charge in [0.25, 0.3) is 0 Å². The Bertz CT molecular complexity index is 551. The molecular weight excluding hydrogens is 260 g/mol. The summed E-state index contributed by atoms with van der Waals surface area (Å²) >= 11 is 0. The fraction of sp³-hybridized carbons (Fsp3) is 0.571. The summed E-state index contributed by atoms with van der Waals surface area (Å²) in [6.45, 7) is 5.04. The highest BCUT2D eigenvalue weighted by molar-refractivity contribution is 7.89. The van der Waals surface area contributed by atoms with Gasteiger partial charge >= 0.3 is 0 Å². The SMILES string of the molecule is CCCN(CC1CC1)S(=O)(=O)c1ccc(N)cc1C. The molecule has 0 radical (unpaired) electrons.